The van der Waals surface area contributed by atoms with Crippen LogP contribution in [0.2, 0.25) is 0 Å². The second kappa shape index (κ2) is 5.53. The first-order valence-electron chi connectivity index (χ1n) is 5.98. The Morgan fingerprint density at radius 3 is 2.42 bits per heavy atom. The summed E-state index contributed by atoms with van der Waals surface area (Å²) < 4.78 is 0.790. The van der Waals surface area contributed by atoms with Crippen LogP contribution in [0.25, 0.3) is 0 Å². The van der Waals surface area contributed by atoms with Crippen molar-refractivity contribution in [1.82, 2.24) is 10.3 Å². The summed E-state index contributed by atoms with van der Waals surface area (Å²) in [6.07, 6.45) is 3.45. The van der Waals surface area contributed by atoms with Gasteiger partial charge in [0.15, 0.2) is 0 Å². The number of hydrogen-bond acceptors (Lipinski definition) is 2. The average molecular weight is 319 g/mol. The monoisotopic (exact) mass is 318 g/mol. The van der Waals surface area contributed by atoms with E-state index in [2.05, 4.69) is 26.2 Å². The third-order valence-corrected chi connectivity index (χ3v) is 3.64. The van der Waals surface area contributed by atoms with Gasteiger partial charge in [0, 0.05) is 16.9 Å². The molecule has 3 nitrogen and oxygen atoms in total. The molecular weight excluding hydrogens is 304 g/mol. The van der Waals surface area contributed by atoms with E-state index in [-0.39, 0.29) is 5.91 Å². The van der Waals surface area contributed by atoms with Gasteiger partial charge in [-0.05, 0) is 59.6 Å². The Hall–Kier alpha value is -1.68. The Morgan fingerprint density at radius 2 is 1.79 bits per heavy atom. The molecule has 0 saturated heterocycles. The summed E-state index contributed by atoms with van der Waals surface area (Å²) in [6.45, 7) is 3.94. The van der Waals surface area contributed by atoms with Crippen LogP contribution in [0.3, 0.4) is 0 Å². The number of aromatic nitrogens is 1. The lowest BCUT2D eigenvalue weighted by molar-refractivity contribution is 0.0911. The molecule has 0 aliphatic heterocycles. The van der Waals surface area contributed by atoms with E-state index in [0.29, 0.717) is 5.56 Å². The van der Waals surface area contributed by atoms with Crippen molar-refractivity contribution in [2.45, 2.75) is 19.4 Å². The number of nitrogens with one attached hydrogen (secondary N) is 1. The van der Waals surface area contributed by atoms with Gasteiger partial charge in [0.25, 0.3) is 5.91 Å². The molecule has 0 unspecified atom stereocenters. The van der Waals surface area contributed by atoms with Crippen LogP contribution in [0.15, 0.2) is 53.3 Å². The molecule has 0 bridgehead atoms. The van der Waals surface area contributed by atoms with Crippen molar-refractivity contribution in [2.24, 2.45) is 0 Å². The van der Waals surface area contributed by atoms with Gasteiger partial charge in [-0.3, -0.25) is 9.78 Å². The second-order valence-corrected chi connectivity index (χ2v) is 5.65. The highest BCUT2D eigenvalue weighted by molar-refractivity contribution is 9.10. The van der Waals surface area contributed by atoms with Crippen LogP contribution < -0.4 is 5.32 Å². The molecule has 1 aromatic heterocycles. The van der Waals surface area contributed by atoms with Crippen LogP contribution >= 0.6 is 15.9 Å². The zero-order chi connectivity index (χ0) is 13.9. The van der Waals surface area contributed by atoms with Gasteiger partial charge < -0.3 is 5.32 Å². The zero-order valence-corrected chi connectivity index (χ0v) is 12.4. The van der Waals surface area contributed by atoms with Crippen molar-refractivity contribution in [3.05, 3.63) is 64.4 Å². The van der Waals surface area contributed by atoms with Crippen LogP contribution in [0, 0.1) is 0 Å². The van der Waals surface area contributed by atoms with E-state index in [1.165, 1.54) is 0 Å². The molecule has 98 valence electrons. The lowest BCUT2D eigenvalue weighted by Crippen LogP contribution is -2.41. The quantitative estimate of drug-likeness (QED) is 0.941. The largest absolute Gasteiger partial charge is 0.343 e. The minimum absolute atomic E-state index is 0.103. The summed E-state index contributed by atoms with van der Waals surface area (Å²) in [5.41, 5.74) is 1.20. The van der Waals surface area contributed by atoms with Gasteiger partial charge in [0.2, 0.25) is 0 Å². The number of amides is 1. The lowest BCUT2D eigenvalue weighted by Gasteiger charge is -2.27. The SMILES string of the molecule is CC(C)(NC(=O)c1ccccc1Br)c1ccncc1. The van der Waals surface area contributed by atoms with Crippen molar-refractivity contribution in [3.8, 4) is 0 Å². The van der Waals surface area contributed by atoms with Gasteiger partial charge in [0.05, 0.1) is 11.1 Å². The van der Waals surface area contributed by atoms with Crippen LogP contribution in [0.1, 0.15) is 29.8 Å². The van der Waals surface area contributed by atoms with E-state index in [1.54, 1.807) is 18.5 Å². The van der Waals surface area contributed by atoms with Gasteiger partial charge in [-0.25, -0.2) is 0 Å². The van der Waals surface area contributed by atoms with E-state index in [9.17, 15) is 4.79 Å². The van der Waals surface area contributed by atoms with Crippen molar-refractivity contribution in [1.29, 1.82) is 0 Å². The summed E-state index contributed by atoms with van der Waals surface area (Å²) in [5, 5.41) is 3.03. The van der Waals surface area contributed by atoms with Crippen molar-refractivity contribution in [2.75, 3.05) is 0 Å². The molecule has 0 spiro atoms. The molecule has 19 heavy (non-hydrogen) atoms. The molecule has 0 atom stereocenters. The Bertz CT molecular complexity index is 582. The number of benzene rings is 1. The third-order valence-electron chi connectivity index (χ3n) is 2.95. The Labute approximate surface area is 121 Å². The Morgan fingerprint density at radius 1 is 1.16 bits per heavy atom. The fourth-order valence-electron chi connectivity index (χ4n) is 1.84. The summed E-state index contributed by atoms with van der Waals surface area (Å²) in [5.74, 6) is -0.103. The smallest absolute Gasteiger partial charge is 0.253 e. The standard InChI is InChI=1S/C15H15BrN2O/c1-15(2,11-7-9-17-10-8-11)18-14(19)12-5-3-4-6-13(12)16/h3-10H,1-2H3,(H,18,19). The number of rotatable bonds is 3. The van der Waals surface area contributed by atoms with E-state index < -0.39 is 5.54 Å². The minimum atomic E-state index is -0.449. The number of pyridine rings is 1. The molecule has 1 amide bonds. The number of carbonyl (C=O) groups excluding carboxylic acids is 1. The molecule has 1 aromatic carbocycles. The van der Waals surface area contributed by atoms with Gasteiger partial charge in [0.1, 0.15) is 0 Å². The van der Waals surface area contributed by atoms with E-state index in [1.807, 2.05) is 44.2 Å². The molecule has 0 aliphatic carbocycles. The van der Waals surface area contributed by atoms with Crippen molar-refractivity contribution >= 4 is 21.8 Å². The molecule has 2 aromatic rings. The Kier molecular flexibility index (Phi) is 4.00. The fourth-order valence-corrected chi connectivity index (χ4v) is 2.30. The molecule has 0 radical (unpaired) electrons. The molecule has 0 saturated carbocycles. The first-order valence-corrected chi connectivity index (χ1v) is 6.77. The van der Waals surface area contributed by atoms with E-state index >= 15 is 0 Å². The van der Waals surface area contributed by atoms with E-state index in [0.717, 1.165) is 10.0 Å². The minimum Gasteiger partial charge on any atom is -0.343 e. The highest BCUT2D eigenvalue weighted by Crippen LogP contribution is 2.21. The van der Waals surface area contributed by atoms with Gasteiger partial charge in [-0.2, -0.15) is 0 Å². The number of halogens is 1. The van der Waals surface area contributed by atoms with Crippen molar-refractivity contribution < 1.29 is 4.79 Å². The summed E-state index contributed by atoms with van der Waals surface area (Å²) in [7, 11) is 0. The summed E-state index contributed by atoms with van der Waals surface area (Å²) in [4.78, 5) is 16.3. The van der Waals surface area contributed by atoms with Gasteiger partial charge in [-0.15, -0.1) is 0 Å². The predicted molar refractivity (Wildman–Crippen MR) is 78.9 cm³/mol. The number of hydrogen-bond donors (Lipinski definition) is 1. The summed E-state index contributed by atoms with van der Waals surface area (Å²) in [6, 6.07) is 11.2. The maximum Gasteiger partial charge on any atom is 0.253 e. The topological polar surface area (TPSA) is 42.0 Å². The van der Waals surface area contributed by atoms with Crippen LogP contribution in [0.4, 0.5) is 0 Å². The van der Waals surface area contributed by atoms with Crippen LogP contribution in [-0.4, -0.2) is 10.9 Å². The second-order valence-electron chi connectivity index (χ2n) is 4.79. The molecule has 4 heteroatoms. The number of nitrogens with zero attached hydrogens (tertiary/aromatic N) is 1. The third kappa shape index (κ3) is 3.20. The molecule has 0 fully saturated rings. The molecular formula is C15H15BrN2O. The molecule has 1 N–H and O–H groups in total. The molecule has 1 heterocycles. The fraction of sp³-hybridized carbons (Fsp3) is 0.200. The highest BCUT2D eigenvalue weighted by Gasteiger charge is 2.23. The van der Waals surface area contributed by atoms with E-state index in [4.69, 9.17) is 0 Å². The maximum absolute atomic E-state index is 12.3. The number of carbonyl (C=O) groups is 1. The Balaban J connectivity index is 2.22. The molecule has 2 rings (SSSR count). The average Bonchev–Trinajstić information content (AvgIpc) is 2.39. The van der Waals surface area contributed by atoms with Crippen LogP contribution in [0.5, 0.6) is 0 Å². The first kappa shape index (κ1) is 13.7. The van der Waals surface area contributed by atoms with Crippen molar-refractivity contribution in [3.63, 3.8) is 0 Å². The highest BCUT2D eigenvalue weighted by atomic mass is 79.9. The first-order chi connectivity index (χ1) is 9.00. The normalized spacial score (nSPS) is 11.1. The maximum atomic E-state index is 12.3. The van der Waals surface area contributed by atoms with Gasteiger partial charge in [-0.1, -0.05) is 12.1 Å². The zero-order valence-electron chi connectivity index (χ0n) is 10.9. The predicted octanol–water partition coefficient (Wildman–Crippen LogP) is 3.51. The molecule has 0 aliphatic rings. The lowest BCUT2D eigenvalue weighted by atomic mass is 9.95. The van der Waals surface area contributed by atoms with Crippen LogP contribution in [-0.2, 0) is 5.54 Å². The van der Waals surface area contributed by atoms with Gasteiger partial charge >= 0.3 is 0 Å². The summed E-state index contributed by atoms with van der Waals surface area (Å²) >= 11 is 3.39.